The molecule has 8 heavy (non-hydrogen) atoms. The molecule has 0 aromatic heterocycles. The second kappa shape index (κ2) is 4.91. The first-order valence-corrected chi connectivity index (χ1v) is 3.14. The van der Waals surface area contributed by atoms with Crippen LogP contribution < -0.4 is 0 Å². The van der Waals surface area contributed by atoms with Crippen molar-refractivity contribution in [2.75, 3.05) is 5.88 Å². The average Bonchev–Trinajstić information content (AvgIpc) is 1.83. The van der Waals surface area contributed by atoms with Crippen molar-refractivity contribution in [1.29, 1.82) is 0 Å². The van der Waals surface area contributed by atoms with Crippen molar-refractivity contribution in [2.24, 2.45) is 5.16 Å². The fourth-order valence-corrected chi connectivity index (χ4v) is 0.619. The lowest BCUT2D eigenvalue weighted by atomic mass is 10.2. The highest BCUT2D eigenvalue weighted by molar-refractivity contribution is 6.28. The monoisotopic (exact) mass is 135 g/mol. The lowest BCUT2D eigenvalue weighted by molar-refractivity contribution is 0.317. The smallest absolute Gasteiger partial charge is 0.0718 e. The van der Waals surface area contributed by atoms with Crippen LogP contribution in [0, 0.1) is 0 Å². The molecule has 0 saturated heterocycles. The van der Waals surface area contributed by atoms with Crippen LogP contribution in [0.2, 0.25) is 0 Å². The van der Waals surface area contributed by atoms with Gasteiger partial charge in [0.15, 0.2) is 0 Å². The van der Waals surface area contributed by atoms with E-state index in [1.807, 2.05) is 6.92 Å². The normalized spacial score (nSPS) is 12.0. The van der Waals surface area contributed by atoms with Gasteiger partial charge in [-0.25, -0.2) is 0 Å². The maximum atomic E-state index is 8.16. The van der Waals surface area contributed by atoms with Crippen LogP contribution in [-0.2, 0) is 0 Å². The summed E-state index contributed by atoms with van der Waals surface area (Å²) in [6.07, 6.45) is 1.77. The van der Waals surface area contributed by atoms with E-state index in [1.165, 1.54) is 0 Å². The molecule has 0 radical (unpaired) electrons. The van der Waals surface area contributed by atoms with E-state index >= 15 is 0 Å². The van der Waals surface area contributed by atoms with E-state index in [2.05, 4.69) is 5.16 Å². The van der Waals surface area contributed by atoms with Gasteiger partial charge >= 0.3 is 0 Å². The molecule has 0 heterocycles. The molecular formula is C5H10ClNO. The zero-order valence-corrected chi connectivity index (χ0v) is 5.65. The van der Waals surface area contributed by atoms with Gasteiger partial charge < -0.3 is 5.21 Å². The number of alkyl halides is 1. The van der Waals surface area contributed by atoms with Crippen molar-refractivity contribution in [3.63, 3.8) is 0 Å². The molecule has 0 atom stereocenters. The van der Waals surface area contributed by atoms with Crippen LogP contribution in [0.25, 0.3) is 0 Å². The molecule has 0 amide bonds. The molecule has 0 spiro atoms. The van der Waals surface area contributed by atoms with Crippen LogP contribution in [0.3, 0.4) is 0 Å². The Morgan fingerprint density at radius 1 is 1.75 bits per heavy atom. The third-order valence-electron chi connectivity index (χ3n) is 0.834. The molecule has 0 aromatic rings. The minimum absolute atomic E-state index is 0.338. The maximum absolute atomic E-state index is 8.16. The van der Waals surface area contributed by atoms with Crippen molar-refractivity contribution in [3.8, 4) is 0 Å². The topological polar surface area (TPSA) is 32.6 Å². The quantitative estimate of drug-likeness (QED) is 0.273. The summed E-state index contributed by atoms with van der Waals surface area (Å²) in [7, 11) is 0. The predicted molar refractivity (Wildman–Crippen MR) is 34.8 cm³/mol. The first kappa shape index (κ1) is 7.76. The second-order valence-electron chi connectivity index (χ2n) is 1.55. The first-order chi connectivity index (χ1) is 3.85. The maximum Gasteiger partial charge on any atom is 0.0718 e. The van der Waals surface area contributed by atoms with E-state index < -0.39 is 0 Å². The van der Waals surface area contributed by atoms with Crippen LogP contribution in [-0.4, -0.2) is 16.8 Å². The lowest BCUT2D eigenvalue weighted by Gasteiger charge is -1.92. The molecule has 0 aromatic carbocycles. The molecule has 0 fully saturated rings. The highest BCUT2D eigenvalue weighted by Crippen LogP contribution is 1.93. The summed E-state index contributed by atoms with van der Waals surface area (Å²) in [6, 6.07) is 0. The van der Waals surface area contributed by atoms with Crippen LogP contribution in [0.5, 0.6) is 0 Å². The van der Waals surface area contributed by atoms with Crippen molar-refractivity contribution in [2.45, 2.75) is 19.8 Å². The van der Waals surface area contributed by atoms with Crippen LogP contribution in [0.1, 0.15) is 19.8 Å². The number of nitrogens with zero attached hydrogens (tertiary/aromatic N) is 1. The number of hydrogen-bond acceptors (Lipinski definition) is 2. The third-order valence-corrected chi connectivity index (χ3v) is 1.14. The number of rotatable bonds is 3. The predicted octanol–water partition coefficient (Wildman–Crippen LogP) is 1.86. The summed E-state index contributed by atoms with van der Waals surface area (Å²) in [5.41, 5.74) is 0.661. The molecule has 0 aliphatic rings. The fraction of sp³-hybridized carbons (Fsp3) is 0.800. The highest BCUT2D eigenvalue weighted by Gasteiger charge is 1.92. The zero-order chi connectivity index (χ0) is 6.41. The molecular weight excluding hydrogens is 126 g/mol. The Hall–Kier alpha value is -0.240. The summed E-state index contributed by atoms with van der Waals surface area (Å²) in [4.78, 5) is 0. The van der Waals surface area contributed by atoms with Gasteiger partial charge in [0.1, 0.15) is 0 Å². The van der Waals surface area contributed by atoms with Gasteiger partial charge in [0.05, 0.1) is 11.6 Å². The van der Waals surface area contributed by atoms with Crippen molar-refractivity contribution in [3.05, 3.63) is 0 Å². The van der Waals surface area contributed by atoms with Crippen molar-refractivity contribution >= 4 is 17.3 Å². The van der Waals surface area contributed by atoms with Gasteiger partial charge in [0.25, 0.3) is 0 Å². The van der Waals surface area contributed by atoms with Crippen molar-refractivity contribution in [1.82, 2.24) is 0 Å². The summed E-state index contributed by atoms with van der Waals surface area (Å²) < 4.78 is 0. The summed E-state index contributed by atoms with van der Waals surface area (Å²) in [6.45, 7) is 2.01. The van der Waals surface area contributed by atoms with Crippen molar-refractivity contribution < 1.29 is 5.21 Å². The van der Waals surface area contributed by atoms with Gasteiger partial charge in [-0.15, -0.1) is 11.6 Å². The Kier molecular flexibility index (Phi) is 4.76. The molecule has 48 valence electrons. The van der Waals surface area contributed by atoms with E-state index in [0.717, 1.165) is 12.8 Å². The highest BCUT2D eigenvalue weighted by atomic mass is 35.5. The molecule has 0 rings (SSSR count). The van der Waals surface area contributed by atoms with Gasteiger partial charge in [0, 0.05) is 0 Å². The van der Waals surface area contributed by atoms with E-state index in [4.69, 9.17) is 16.8 Å². The molecule has 3 heteroatoms. The Morgan fingerprint density at radius 3 is 2.50 bits per heavy atom. The van der Waals surface area contributed by atoms with E-state index in [1.54, 1.807) is 0 Å². The Morgan fingerprint density at radius 2 is 2.38 bits per heavy atom. The minimum atomic E-state index is 0.338. The average molecular weight is 136 g/mol. The van der Waals surface area contributed by atoms with E-state index in [9.17, 15) is 0 Å². The summed E-state index contributed by atoms with van der Waals surface area (Å²) in [5, 5.41) is 11.1. The second-order valence-corrected chi connectivity index (χ2v) is 1.82. The zero-order valence-electron chi connectivity index (χ0n) is 4.89. The standard InChI is InChI=1S/C5H10ClNO/c1-2-3-5(4-6)7-8/h8H,2-4H2,1H3/b7-5-. The van der Waals surface area contributed by atoms with Gasteiger partial charge in [-0.1, -0.05) is 18.5 Å². The Balaban J connectivity index is 3.38. The van der Waals surface area contributed by atoms with Crippen LogP contribution in [0.15, 0.2) is 5.16 Å². The third kappa shape index (κ3) is 2.86. The van der Waals surface area contributed by atoms with E-state index in [0.29, 0.717) is 11.6 Å². The number of oxime groups is 1. The Labute approximate surface area is 54.1 Å². The largest absolute Gasteiger partial charge is 0.411 e. The number of hydrogen-bond donors (Lipinski definition) is 1. The minimum Gasteiger partial charge on any atom is -0.411 e. The number of halogens is 1. The molecule has 0 saturated carbocycles. The Bertz CT molecular complexity index is 82.5. The van der Waals surface area contributed by atoms with Crippen LogP contribution >= 0.6 is 11.6 Å². The van der Waals surface area contributed by atoms with Crippen LogP contribution in [0.4, 0.5) is 0 Å². The van der Waals surface area contributed by atoms with Gasteiger partial charge in [0.2, 0.25) is 0 Å². The van der Waals surface area contributed by atoms with Gasteiger partial charge in [-0.3, -0.25) is 0 Å². The first-order valence-electron chi connectivity index (χ1n) is 2.61. The lowest BCUT2D eigenvalue weighted by Crippen LogP contribution is -1.97. The molecule has 1 N–H and O–H groups in total. The molecule has 0 aliphatic carbocycles. The van der Waals surface area contributed by atoms with Gasteiger partial charge in [-0.05, 0) is 6.42 Å². The summed E-state index contributed by atoms with van der Waals surface area (Å²) in [5.74, 6) is 0.338. The van der Waals surface area contributed by atoms with Gasteiger partial charge in [-0.2, -0.15) is 0 Å². The molecule has 2 nitrogen and oxygen atoms in total. The molecule has 0 aliphatic heterocycles. The van der Waals surface area contributed by atoms with E-state index in [-0.39, 0.29) is 0 Å². The fourth-order valence-electron chi connectivity index (χ4n) is 0.432. The summed E-state index contributed by atoms with van der Waals surface area (Å²) >= 11 is 5.36. The SMILES string of the molecule is CCC/C(CCl)=N/O. The molecule has 0 bridgehead atoms. The molecule has 0 unspecified atom stereocenters.